The van der Waals surface area contributed by atoms with E-state index in [0.29, 0.717) is 0 Å². The highest BCUT2D eigenvalue weighted by Gasteiger charge is 2.09. The van der Waals surface area contributed by atoms with Crippen LogP contribution in [0, 0.1) is 0 Å². The molecule has 2 N–H and O–H groups in total. The summed E-state index contributed by atoms with van der Waals surface area (Å²) in [5.74, 6) is 0. The molecule has 2 aromatic rings. The van der Waals surface area contributed by atoms with E-state index >= 15 is 0 Å². The van der Waals surface area contributed by atoms with Crippen LogP contribution in [0.15, 0.2) is 39.9 Å². The first-order valence-electron chi connectivity index (χ1n) is 9.25. The number of para-hydroxylation sites is 1. The minimum absolute atomic E-state index is 0.243. The Bertz CT molecular complexity index is 838. The number of nitrogen functional groups attached to an aromatic ring is 1. The topological polar surface area (TPSA) is 73.3 Å². The molecule has 0 bridgehead atoms. The van der Waals surface area contributed by atoms with Crippen LogP contribution in [0.3, 0.4) is 0 Å². The Kier molecular flexibility index (Phi) is 7.21. The third kappa shape index (κ3) is 5.08. The van der Waals surface area contributed by atoms with Gasteiger partial charge in [0.05, 0.1) is 0 Å². The Morgan fingerprint density at radius 2 is 1.73 bits per heavy atom. The summed E-state index contributed by atoms with van der Waals surface area (Å²) in [5, 5.41) is 0. The maximum absolute atomic E-state index is 12.0. The first-order chi connectivity index (χ1) is 12.4. The zero-order valence-electron chi connectivity index (χ0n) is 16.1. The van der Waals surface area contributed by atoms with Crippen molar-refractivity contribution in [1.29, 1.82) is 0 Å². The fourth-order valence-electron chi connectivity index (χ4n) is 3.19. The molecule has 1 aromatic carbocycles. The van der Waals surface area contributed by atoms with E-state index in [1.807, 2.05) is 18.2 Å². The van der Waals surface area contributed by atoms with E-state index in [4.69, 9.17) is 5.73 Å². The molecule has 26 heavy (non-hydrogen) atoms. The van der Waals surface area contributed by atoms with Crippen LogP contribution in [0.5, 0.6) is 0 Å². The molecule has 0 aliphatic rings. The number of rotatable bonds is 9. The predicted molar refractivity (Wildman–Crippen MR) is 107 cm³/mol. The van der Waals surface area contributed by atoms with Crippen LogP contribution >= 0.6 is 0 Å². The number of benzene rings is 1. The molecule has 1 aromatic heterocycles. The molecule has 0 spiro atoms. The average Bonchev–Trinajstić information content (AvgIpc) is 2.63. The van der Waals surface area contributed by atoms with Crippen molar-refractivity contribution in [1.82, 2.24) is 14.0 Å². The molecular weight excluding hydrogens is 328 g/mol. The van der Waals surface area contributed by atoms with Crippen LogP contribution in [0.2, 0.25) is 0 Å². The molecule has 0 saturated carbocycles. The molecular formula is C20H30N4O2. The van der Waals surface area contributed by atoms with Crippen molar-refractivity contribution >= 4 is 5.69 Å². The third-order valence-corrected chi connectivity index (χ3v) is 4.82. The summed E-state index contributed by atoms with van der Waals surface area (Å²) in [6.45, 7) is 5.10. The largest absolute Gasteiger partial charge is 0.399 e. The van der Waals surface area contributed by atoms with Gasteiger partial charge in [-0.25, -0.2) is 4.79 Å². The molecule has 142 valence electrons. The number of anilines is 1. The predicted octanol–water partition coefficient (Wildman–Crippen LogP) is 1.55. The SMILES string of the molecule is CCCN(CCCc1cc(=O)n(C)c(=O)n1C)CCc1ccccc1N. The molecule has 0 atom stereocenters. The minimum atomic E-state index is -0.266. The second-order valence-electron chi connectivity index (χ2n) is 6.77. The minimum Gasteiger partial charge on any atom is -0.399 e. The maximum Gasteiger partial charge on any atom is 0.330 e. The number of aryl methyl sites for hydroxylation is 1. The van der Waals surface area contributed by atoms with E-state index in [9.17, 15) is 9.59 Å². The van der Waals surface area contributed by atoms with Gasteiger partial charge in [-0.15, -0.1) is 0 Å². The molecule has 0 radical (unpaired) electrons. The molecule has 6 heteroatoms. The third-order valence-electron chi connectivity index (χ3n) is 4.82. The van der Waals surface area contributed by atoms with E-state index in [-0.39, 0.29) is 11.2 Å². The normalized spacial score (nSPS) is 11.2. The van der Waals surface area contributed by atoms with Crippen molar-refractivity contribution in [2.24, 2.45) is 14.1 Å². The fraction of sp³-hybridized carbons (Fsp3) is 0.500. The van der Waals surface area contributed by atoms with Gasteiger partial charge in [-0.2, -0.15) is 0 Å². The zero-order valence-corrected chi connectivity index (χ0v) is 16.1. The van der Waals surface area contributed by atoms with Gasteiger partial charge in [0, 0.05) is 38.1 Å². The van der Waals surface area contributed by atoms with Gasteiger partial charge in [0.25, 0.3) is 5.56 Å². The standard InChI is InChI=1S/C20H30N4O2/c1-4-12-24(14-11-16-8-5-6-10-18(16)21)13-7-9-17-15-19(25)23(3)20(26)22(17)2/h5-6,8,10,15H,4,7,9,11-14,21H2,1-3H3. The Labute approximate surface area is 154 Å². The van der Waals surface area contributed by atoms with Crippen LogP contribution in [-0.4, -0.2) is 33.7 Å². The smallest absolute Gasteiger partial charge is 0.330 e. The van der Waals surface area contributed by atoms with E-state index in [1.165, 1.54) is 12.6 Å². The Morgan fingerprint density at radius 1 is 1.00 bits per heavy atom. The van der Waals surface area contributed by atoms with Crippen molar-refractivity contribution in [3.8, 4) is 0 Å². The molecule has 0 fully saturated rings. The lowest BCUT2D eigenvalue weighted by Gasteiger charge is -2.22. The lowest BCUT2D eigenvalue weighted by molar-refractivity contribution is 0.273. The molecule has 0 aliphatic heterocycles. The van der Waals surface area contributed by atoms with Crippen LogP contribution in [0.4, 0.5) is 5.69 Å². The van der Waals surface area contributed by atoms with Crippen LogP contribution < -0.4 is 17.0 Å². The summed E-state index contributed by atoms with van der Waals surface area (Å²) in [4.78, 5) is 26.3. The maximum atomic E-state index is 12.0. The molecule has 0 amide bonds. The van der Waals surface area contributed by atoms with Crippen molar-refractivity contribution < 1.29 is 0 Å². The van der Waals surface area contributed by atoms with Crippen molar-refractivity contribution in [2.75, 3.05) is 25.4 Å². The highest BCUT2D eigenvalue weighted by atomic mass is 16.2. The van der Waals surface area contributed by atoms with Crippen LogP contribution in [-0.2, 0) is 26.9 Å². The zero-order chi connectivity index (χ0) is 19.1. The highest BCUT2D eigenvalue weighted by Crippen LogP contribution is 2.12. The van der Waals surface area contributed by atoms with Gasteiger partial charge in [-0.1, -0.05) is 25.1 Å². The van der Waals surface area contributed by atoms with Gasteiger partial charge in [-0.05, 0) is 50.4 Å². The summed E-state index contributed by atoms with van der Waals surface area (Å²) >= 11 is 0. The second kappa shape index (κ2) is 9.38. The molecule has 2 rings (SSSR count). The first kappa shape index (κ1) is 20.0. The highest BCUT2D eigenvalue weighted by molar-refractivity contribution is 5.46. The van der Waals surface area contributed by atoms with E-state index < -0.39 is 0 Å². The number of hydrogen-bond acceptors (Lipinski definition) is 4. The summed E-state index contributed by atoms with van der Waals surface area (Å²) < 4.78 is 2.70. The molecule has 6 nitrogen and oxygen atoms in total. The van der Waals surface area contributed by atoms with Gasteiger partial charge in [-0.3, -0.25) is 9.36 Å². The van der Waals surface area contributed by atoms with Crippen molar-refractivity contribution in [3.05, 3.63) is 62.4 Å². The Morgan fingerprint density at radius 3 is 2.42 bits per heavy atom. The monoisotopic (exact) mass is 358 g/mol. The van der Waals surface area contributed by atoms with Gasteiger partial charge < -0.3 is 15.2 Å². The number of hydrogen-bond donors (Lipinski definition) is 1. The number of nitrogens with two attached hydrogens (primary N) is 1. The molecule has 0 saturated heterocycles. The van der Waals surface area contributed by atoms with Gasteiger partial charge in [0.1, 0.15) is 0 Å². The van der Waals surface area contributed by atoms with E-state index in [1.54, 1.807) is 17.7 Å². The van der Waals surface area contributed by atoms with Crippen molar-refractivity contribution in [2.45, 2.75) is 32.6 Å². The number of nitrogens with zero attached hydrogens (tertiary/aromatic N) is 3. The number of aromatic nitrogens is 2. The first-order valence-corrected chi connectivity index (χ1v) is 9.25. The Balaban J connectivity index is 1.94. The summed E-state index contributed by atoms with van der Waals surface area (Å²) in [5.41, 5.74) is 8.35. The molecule has 0 aliphatic carbocycles. The second-order valence-corrected chi connectivity index (χ2v) is 6.77. The van der Waals surface area contributed by atoms with E-state index in [0.717, 1.165) is 61.3 Å². The lowest BCUT2D eigenvalue weighted by atomic mass is 10.1. The van der Waals surface area contributed by atoms with Crippen molar-refractivity contribution in [3.63, 3.8) is 0 Å². The van der Waals surface area contributed by atoms with E-state index in [2.05, 4.69) is 17.9 Å². The van der Waals surface area contributed by atoms with Crippen LogP contribution in [0.1, 0.15) is 31.0 Å². The quantitative estimate of drug-likeness (QED) is 0.691. The summed E-state index contributed by atoms with van der Waals surface area (Å²) in [6, 6.07) is 9.56. The summed E-state index contributed by atoms with van der Waals surface area (Å²) in [6.07, 6.45) is 3.64. The van der Waals surface area contributed by atoms with Gasteiger partial charge in [0.2, 0.25) is 0 Å². The fourth-order valence-corrected chi connectivity index (χ4v) is 3.19. The molecule has 1 heterocycles. The van der Waals surface area contributed by atoms with Crippen LogP contribution in [0.25, 0.3) is 0 Å². The Hall–Kier alpha value is -2.34. The average molecular weight is 358 g/mol. The lowest BCUT2D eigenvalue weighted by Crippen LogP contribution is -2.38. The molecule has 0 unspecified atom stereocenters. The van der Waals surface area contributed by atoms with Gasteiger partial charge >= 0.3 is 5.69 Å². The summed E-state index contributed by atoms with van der Waals surface area (Å²) in [7, 11) is 3.23. The van der Waals surface area contributed by atoms with Gasteiger partial charge in [0.15, 0.2) is 0 Å².